The normalized spacial score (nSPS) is 11.0. The van der Waals surface area contributed by atoms with E-state index in [1.54, 1.807) is 40.0 Å². The van der Waals surface area contributed by atoms with Crippen molar-refractivity contribution < 1.29 is 19.1 Å². The summed E-state index contributed by atoms with van der Waals surface area (Å²) in [5.74, 6) is -0.193. The molecule has 0 fully saturated rings. The van der Waals surface area contributed by atoms with Crippen molar-refractivity contribution in [3.8, 4) is 0 Å². The van der Waals surface area contributed by atoms with Gasteiger partial charge in [-0.2, -0.15) is 0 Å². The molecular weight excluding hydrogens is 364 g/mol. The van der Waals surface area contributed by atoms with Crippen molar-refractivity contribution >= 4 is 27.9 Å². The Hall–Kier alpha value is -1.60. The minimum absolute atomic E-state index is 0.193. The molecule has 0 aromatic heterocycles. The minimum Gasteiger partial charge on any atom is -0.444 e. The fourth-order valence-corrected chi connectivity index (χ4v) is 2.28. The lowest BCUT2D eigenvalue weighted by molar-refractivity contribution is 0.0523. The lowest BCUT2D eigenvalue weighted by Gasteiger charge is -2.19. The molecule has 0 saturated heterocycles. The van der Waals surface area contributed by atoms with Gasteiger partial charge in [0.05, 0.1) is 6.61 Å². The summed E-state index contributed by atoms with van der Waals surface area (Å²) in [6.07, 6.45) is -0.497. The lowest BCUT2D eigenvalue weighted by atomic mass is 10.1. The van der Waals surface area contributed by atoms with Gasteiger partial charge in [0, 0.05) is 30.2 Å². The Morgan fingerprint density at radius 3 is 2.48 bits per heavy atom. The van der Waals surface area contributed by atoms with E-state index in [4.69, 9.17) is 9.47 Å². The second-order valence-electron chi connectivity index (χ2n) is 5.95. The predicted octanol–water partition coefficient (Wildman–Crippen LogP) is 2.85. The van der Waals surface area contributed by atoms with Gasteiger partial charge in [-0.1, -0.05) is 15.9 Å². The highest BCUT2D eigenvalue weighted by Crippen LogP contribution is 2.16. The molecule has 1 aromatic rings. The Morgan fingerprint density at radius 2 is 1.87 bits per heavy atom. The number of amides is 2. The van der Waals surface area contributed by atoms with Crippen LogP contribution in [0.5, 0.6) is 0 Å². The number of benzene rings is 1. The largest absolute Gasteiger partial charge is 0.444 e. The van der Waals surface area contributed by atoms with Gasteiger partial charge in [-0.3, -0.25) is 4.79 Å². The molecule has 0 unspecified atom stereocenters. The average molecular weight is 387 g/mol. The van der Waals surface area contributed by atoms with Crippen LogP contribution in [0.3, 0.4) is 0 Å². The number of methoxy groups -OCH3 is 1. The Bertz CT molecular complexity index is 556. The highest BCUT2D eigenvalue weighted by Gasteiger charge is 2.16. The number of rotatable bonds is 6. The third-order valence-electron chi connectivity index (χ3n) is 2.65. The summed E-state index contributed by atoms with van der Waals surface area (Å²) in [6, 6.07) is 5.28. The maximum atomic E-state index is 12.1. The van der Waals surface area contributed by atoms with Gasteiger partial charge in [0.1, 0.15) is 5.60 Å². The first-order valence-corrected chi connectivity index (χ1v) is 8.04. The summed E-state index contributed by atoms with van der Waals surface area (Å²) >= 11 is 3.37. The molecule has 0 saturated carbocycles. The molecule has 23 heavy (non-hydrogen) atoms. The lowest BCUT2D eigenvalue weighted by Crippen LogP contribution is -2.32. The average Bonchev–Trinajstić information content (AvgIpc) is 2.43. The number of halogens is 1. The maximum Gasteiger partial charge on any atom is 0.407 e. The summed E-state index contributed by atoms with van der Waals surface area (Å²) in [4.78, 5) is 23.7. The second-order valence-corrected chi connectivity index (χ2v) is 6.87. The van der Waals surface area contributed by atoms with Gasteiger partial charge in [0.25, 0.3) is 5.91 Å². The van der Waals surface area contributed by atoms with Crippen LogP contribution in [-0.2, 0) is 16.0 Å². The van der Waals surface area contributed by atoms with Crippen molar-refractivity contribution in [2.24, 2.45) is 0 Å². The predicted molar refractivity (Wildman–Crippen MR) is 91.4 cm³/mol. The summed E-state index contributed by atoms with van der Waals surface area (Å²) in [5, 5.41) is 5.42. The van der Waals surface area contributed by atoms with Crippen molar-refractivity contribution in [1.29, 1.82) is 0 Å². The Balaban J connectivity index is 2.66. The zero-order chi connectivity index (χ0) is 17.5. The molecule has 6 nitrogen and oxygen atoms in total. The van der Waals surface area contributed by atoms with E-state index < -0.39 is 11.7 Å². The number of hydrogen-bond acceptors (Lipinski definition) is 4. The second kappa shape index (κ2) is 8.88. The number of nitrogens with one attached hydrogen (secondary N) is 2. The van der Waals surface area contributed by atoms with Crippen LogP contribution in [0.2, 0.25) is 0 Å². The molecule has 0 aliphatic rings. The molecule has 0 aliphatic heterocycles. The molecule has 0 bridgehead atoms. The van der Waals surface area contributed by atoms with E-state index in [-0.39, 0.29) is 12.5 Å². The van der Waals surface area contributed by atoms with Gasteiger partial charge < -0.3 is 20.1 Å². The van der Waals surface area contributed by atoms with E-state index in [2.05, 4.69) is 26.6 Å². The van der Waals surface area contributed by atoms with Gasteiger partial charge in [-0.05, 0) is 44.5 Å². The quantitative estimate of drug-likeness (QED) is 0.736. The molecule has 2 amide bonds. The van der Waals surface area contributed by atoms with E-state index in [0.717, 1.165) is 10.0 Å². The molecule has 0 radical (unpaired) electrons. The Morgan fingerprint density at radius 1 is 1.17 bits per heavy atom. The summed E-state index contributed by atoms with van der Waals surface area (Å²) in [7, 11) is 1.58. The van der Waals surface area contributed by atoms with Crippen LogP contribution >= 0.6 is 15.9 Å². The topological polar surface area (TPSA) is 76.7 Å². The first-order valence-electron chi connectivity index (χ1n) is 7.25. The molecule has 1 aromatic carbocycles. The van der Waals surface area contributed by atoms with Crippen LogP contribution in [0.4, 0.5) is 4.79 Å². The summed E-state index contributed by atoms with van der Waals surface area (Å²) < 4.78 is 10.8. The van der Waals surface area contributed by atoms with Crippen molar-refractivity contribution in [2.45, 2.75) is 32.9 Å². The molecular formula is C16H23BrN2O4. The highest BCUT2D eigenvalue weighted by atomic mass is 79.9. The zero-order valence-electron chi connectivity index (χ0n) is 13.9. The number of ether oxygens (including phenoxy) is 2. The standard InChI is InChI=1S/C16H23BrN2O4/c1-16(2,3)23-15(21)19-10-11-7-12(9-13(17)8-11)14(20)18-5-6-22-4/h7-9H,5-6,10H2,1-4H3,(H,18,20)(H,19,21). The van der Waals surface area contributed by atoms with E-state index in [1.165, 1.54) is 0 Å². The van der Waals surface area contributed by atoms with E-state index in [9.17, 15) is 9.59 Å². The third-order valence-corrected chi connectivity index (χ3v) is 3.11. The van der Waals surface area contributed by atoms with Crippen LogP contribution in [0.15, 0.2) is 22.7 Å². The molecule has 0 aliphatic carbocycles. The fourth-order valence-electron chi connectivity index (χ4n) is 1.74. The molecule has 1 rings (SSSR count). The van der Waals surface area contributed by atoms with Crippen LogP contribution in [0, 0.1) is 0 Å². The first kappa shape index (κ1) is 19.4. The monoisotopic (exact) mass is 386 g/mol. The van der Waals surface area contributed by atoms with Crippen molar-refractivity contribution in [1.82, 2.24) is 10.6 Å². The van der Waals surface area contributed by atoms with Crippen LogP contribution in [0.1, 0.15) is 36.7 Å². The zero-order valence-corrected chi connectivity index (χ0v) is 15.5. The van der Waals surface area contributed by atoms with Crippen molar-refractivity contribution in [3.63, 3.8) is 0 Å². The number of carbonyl (C=O) groups is 2. The van der Waals surface area contributed by atoms with Gasteiger partial charge in [-0.25, -0.2) is 4.79 Å². The fraction of sp³-hybridized carbons (Fsp3) is 0.500. The van der Waals surface area contributed by atoms with Crippen molar-refractivity contribution in [3.05, 3.63) is 33.8 Å². The Labute approximate surface area is 145 Å². The van der Waals surface area contributed by atoms with E-state index in [1.807, 2.05) is 6.07 Å². The van der Waals surface area contributed by atoms with Crippen molar-refractivity contribution in [2.75, 3.05) is 20.3 Å². The minimum atomic E-state index is -0.548. The van der Waals surface area contributed by atoms with Gasteiger partial charge in [0.15, 0.2) is 0 Å². The van der Waals surface area contributed by atoms with Crippen LogP contribution in [0.25, 0.3) is 0 Å². The summed E-state index contributed by atoms with van der Waals surface area (Å²) in [6.45, 7) is 6.56. The molecule has 0 heterocycles. The van der Waals surface area contributed by atoms with E-state index in [0.29, 0.717) is 18.7 Å². The molecule has 0 atom stereocenters. The molecule has 7 heteroatoms. The smallest absolute Gasteiger partial charge is 0.407 e. The molecule has 128 valence electrons. The SMILES string of the molecule is COCCNC(=O)c1cc(Br)cc(CNC(=O)OC(C)(C)C)c1. The summed E-state index contributed by atoms with van der Waals surface area (Å²) in [5.41, 5.74) is 0.756. The third kappa shape index (κ3) is 7.99. The number of hydrogen-bond donors (Lipinski definition) is 2. The van der Waals surface area contributed by atoms with Gasteiger partial charge in [-0.15, -0.1) is 0 Å². The maximum absolute atomic E-state index is 12.1. The van der Waals surface area contributed by atoms with E-state index >= 15 is 0 Å². The highest BCUT2D eigenvalue weighted by molar-refractivity contribution is 9.10. The molecule has 0 spiro atoms. The van der Waals surface area contributed by atoms with Gasteiger partial charge >= 0.3 is 6.09 Å². The molecule has 2 N–H and O–H groups in total. The first-order chi connectivity index (χ1) is 10.7. The van der Waals surface area contributed by atoms with Crippen LogP contribution < -0.4 is 10.6 Å². The van der Waals surface area contributed by atoms with Gasteiger partial charge in [0.2, 0.25) is 0 Å². The number of carbonyl (C=O) groups excluding carboxylic acids is 2. The van der Waals surface area contributed by atoms with Crippen LogP contribution in [-0.4, -0.2) is 37.9 Å². The Kier molecular flexibility index (Phi) is 7.51. The number of alkyl carbamates (subject to hydrolysis) is 1.